The molecule has 0 aliphatic heterocycles. The van der Waals surface area contributed by atoms with Gasteiger partial charge in [-0.2, -0.15) is 0 Å². The second-order valence-corrected chi connectivity index (χ2v) is 12.4. The average Bonchev–Trinajstić information content (AvgIpc) is 2.97. The minimum absolute atomic E-state index is 0.0773. The van der Waals surface area contributed by atoms with Crippen LogP contribution in [0.1, 0.15) is 62.5 Å². The van der Waals surface area contributed by atoms with Crippen molar-refractivity contribution in [3.8, 4) is 12.3 Å². The predicted octanol–water partition coefficient (Wildman–Crippen LogP) is 0.411. The van der Waals surface area contributed by atoms with Crippen LogP contribution in [0.3, 0.4) is 0 Å². The van der Waals surface area contributed by atoms with Crippen LogP contribution in [0.25, 0.3) is 10.4 Å². The fourth-order valence-corrected chi connectivity index (χ4v) is 5.61. The molecule has 0 aromatic heterocycles. The van der Waals surface area contributed by atoms with Gasteiger partial charge in [-0.15, -0.1) is 12.3 Å². The first-order chi connectivity index (χ1) is 21.3. The molecule has 45 heavy (non-hydrogen) atoms. The number of benzene rings is 1. The summed E-state index contributed by atoms with van der Waals surface area (Å²) in [6.07, 6.45) is 7.46. The number of nitrogens with zero attached hydrogens (tertiary/aromatic N) is 3. The van der Waals surface area contributed by atoms with Gasteiger partial charge in [0, 0.05) is 24.3 Å². The van der Waals surface area contributed by atoms with Gasteiger partial charge in [-0.3, -0.25) is 28.5 Å². The minimum atomic E-state index is -4.30. The molecular formula is C28H39N8O8P. The molecule has 0 saturated heterocycles. The summed E-state index contributed by atoms with van der Waals surface area (Å²) in [5, 5.41) is 13.7. The molecule has 5 amide bonds. The van der Waals surface area contributed by atoms with E-state index in [-0.39, 0.29) is 25.8 Å². The zero-order chi connectivity index (χ0) is 33.5. The third-order valence-electron chi connectivity index (χ3n) is 7.11. The molecule has 1 aliphatic carbocycles. The lowest BCUT2D eigenvalue weighted by atomic mass is 9.80. The van der Waals surface area contributed by atoms with Crippen LogP contribution in [-0.4, -0.2) is 70.0 Å². The quantitative estimate of drug-likeness (QED) is 0.0310. The maximum absolute atomic E-state index is 13.7. The fraction of sp³-hybridized carbons (Fsp3) is 0.536. The molecule has 2 rings (SSSR count). The van der Waals surface area contributed by atoms with Crippen molar-refractivity contribution in [1.29, 1.82) is 0 Å². The Bertz CT molecular complexity index is 1360. The van der Waals surface area contributed by atoms with Crippen molar-refractivity contribution in [2.45, 2.75) is 81.6 Å². The van der Waals surface area contributed by atoms with E-state index in [1.807, 2.05) is 0 Å². The van der Waals surface area contributed by atoms with Crippen LogP contribution in [0.5, 0.6) is 0 Å². The molecule has 2 atom stereocenters. The lowest BCUT2D eigenvalue weighted by molar-refractivity contribution is -0.139. The number of hydrogen-bond donors (Lipinski definition) is 7. The van der Waals surface area contributed by atoms with Crippen molar-refractivity contribution in [2.24, 2.45) is 10.8 Å². The second-order valence-electron chi connectivity index (χ2n) is 10.8. The van der Waals surface area contributed by atoms with E-state index in [0.717, 1.165) is 6.42 Å². The maximum Gasteiger partial charge on any atom is 0.329 e. The number of rotatable bonds is 17. The zero-order valence-corrected chi connectivity index (χ0v) is 25.6. The standard InChI is InChI=1S/C28H39N8O8P/c1-2-3-7-14-31-25(39)22(16-23(29)37)34-27(41)28(12-5-4-6-13-28)35-26(40)21(33-24(38)17-32-36-30)15-19-8-10-20(11-9-19)18-45(42,43)44/h1,8-11,21-22H,3-7,12-18H2,(H2,29,37)(H,31,39)(H,33,38)(H,34,41)(H,35,40)(H2,42,43,44)/t21-,22-/m0/s1. The Morgan fingerprint density at radius 2 is 1.69 bits per heavy atom. The van der Waals surface area contributed by atoms with Gasteiger partial charge in [0.15, 0.2) is 0 Å². The number of unbranched alkanes of at least 4 members (excludes halogenated alkanes) is 1. The zero-order valence-electron chi connectivity index (χ0n) is 24.7. The van der Waals surface area contributed by atoms with Crippen LogP contribution < -0.4 is 27.0 Å². The van der Waals surface area contributed by atoms with E-state index in [9.17, 15) is 38.3 Å². The molecule has 0 radical (unpaired) electrons. The monoisotopic (exact) mass is 646 g/mol. The van der Waals surface area contributed by atoms with Crippen LogP contribution in [-0.2, 0) is 41.1 Å². The number of nitrogens with one attached hydrogen (secondary N) is 4. The summed E-state index contributed by atoms with van der Waals surface area (Å²) in [7, 11) is -4.30. The third kappa shape index (κ3) is 13.0. The van der Waals surface area contributed by atoms with Gasteiger partial charge >= 0.3 is 7.60 Å². The minimum Gasteiger partial charge on any atom is -0.370 e. The first-order valence-electron chi connectivity index (χ1n) is 14.3. The fourth-order valence-electron chi connectivity index (χ4n) is 4.92. The molecule has 1 aliphatic rings. The summed E-state index contributed by atoms with van der Waals surface area (Å²) < 4.78 is 11.3. The van der Waals surface area contributed by atoms with Gasteiger partial charge < -0.3 is 36.8 Å². The van der Waals surface area contributed by atoms with Crippen LogP contribution in [0, 0.1) is 12.3 Å². The summed E-state index contributed by atoms with van der Waals surface area (Å²) >= 11 is 0. The molecule has 0 bridgehead atoms. The van der Waals surface area contributed by atoms with E-state index in [1.54, 1.807) is 12.1 Å². The topological polar surface area (TPSA) is 266 Å². The van der Waals surface area contributed by atoms with Crippen molar-refractivity contribution < 1.29 is 38.3 Å². The molecule has 0 heterocycles. The van der Waals surface area contributed by atoms with Gasteiger partial charge in [-0.1, -0.05) is 48.6 Å². The largest absolute Gasteiger partial charge is 0.370 e. The summed E-state index contributed by atoms with van der Waals surface area (Å²) in [5.41, 5.74) is 13.3. The van der Waals surface area contributed by atoms with E-state index < -0.39 is 73.9 Å². The predicted molar refractivity (Wildman–Crippen MR) is 163 cm³/mol. The Hall–Kier alpha value is -4.41. The Balaban J connectivity index is 2.30. The Labute approximate surface area is 260 Å². The highest BCUT2D eigenvalue weighted by Crippen LogP contribution is 2.39. The smallest absolute Gasteiger partial charge is 0.329 e. The van der Waals surface area contributed by atoms with Gasteiger partial charge in [0.1, 0.15) is 24.2 Å². The SMILES string of the molecule is C#CCCCNC(=O)[C@H](CC(N)=O)NC(=O)C1(NC(=O)[C@H](Cc2ccc(CP(=O)(O)O)cc2)NC(=O)CN=[N+]=[N-])CCCCC1. The van der Waals surface area contributed by atoms with Gasteiger partial charge in [0.2, 0.25) is 29.5 Å². The first kappa shape index (κ1) is 36.8. The number of amides is 5. The Morgan fingerprint density at radius 3 is 2.27 bits per heavy atom. The van der Waals surface area contributed by atoms with Crippen molar-refractivity contribution in [3.05, 3.63) is 45.8 Å². The van der Waals surface area contributed by atoms with E-state index in [1.165, 1.54) is 12.1 Å². The van der Waals surface area contributed by atoms with Gasteiger partial charge in [0.05, 0.1) is 12.6 Å². The molecule has 0 unspecified atom stereocenters. The highest BCUT2D eigenvalue weighted by molar-refractivity contribution is 7.50. The van der Waals surface area contributed by atoms with E-state index in [2.05, 4.69) is 37.2 Å². The van der Waals surface area contributed by atoms with E-state index in [0.29, 0.717) is 36.8 Å². The molecule has 8 N–H and O–H groups in total. The van der Waals surface area contributed by atoms with Gasteiger partial charge in [-0.05, 0) is 35.9 Å². The summed E-state index contributed by atoms with van der Waals surface area (Å²) in [6.45, 7) is -0.369. The molecule has 1 saturated carbocycles. The molecule has 244 valence electrons. The van der Waals surface area contributed by atoms with Gasteiger partial charge in [-0.25, -0.2) is 0 Å². The summed E-state index contributed by atoms with van der Waals surface area (Å²) in [5.74, 6) is -1.19. The highest BCUT2D eigenvalue weighted by Gasteiger charge is 2.43. The molecule has 1 fully saturated rings. The Morgan fingerprint density at radius 1 is 1.04 bits per heavy atom. The van der Waals surface area contributed by atoms with Gasteiger partial charge in [0.25, 0.3) is 0 Å². The van der Waals surface area contributed by atoms with Crippen LogP contribution in [0.2, 0.25) is 0 Å². The third-order valence-corrected chi connectivity index (χ3v) is 7.89. The normalized spacial score (nSPS) is 15.2. The summed E-state index contributed by atoms with van der Waals surface area (Å²) in [6, 6.07) is 3.51. The lowest BCUT2D eigenvalue weighted by Crippen LogP contribution is -2.65. The number of terminal acetylenes is 1. The molecule has 0 spiro atoms. The first-order valence-corrected chi connectivity index (χ1v) is 16.1. The number of hydrogen-bond acceptors (Lipinski definition) is 7. The lowest BCUT2D eigenvalue weighted by Gasteiger charge is -2.38. The molecule has 16 nitrogen and oxygen atoms in total. The van der Waals surface area contributed by atoms with Crippen LogP contribution in [0.15, 0.2) is 29.4 Å². The number of carbonyl (C=O) groups is 5. The maximum atomic E-state index is 13.7. The van der Waals surface area contributed by atoms with Crippen molar-refractivity contribution in [1.82, 2.24) is 21.3 Å². The van der Waals surface area contributed by atoms with Crippen LogP contribution >= 0.6 is 7.60 Å². The molecule has 1 aromatic rings. The van der Waals surface area contributed by atoms with Crippen molar-refractivity contribution >= 4 is 37.1 Å². The molecule has 17 heteroatoms. The average molecular weight is 647 g/mol. The number of primary amides is 1. The summed E-state index contributed by atoms with van der Waals surface area (Å²) in [4.78, 5) is 85.4. The van der Waals surface area contributed by atoms with E-state index >= 15 is 0 Å². The number of azide groups is 1. The van der Waals surface area contributed by atoms with Crippen LogP contribution in [0.4, 0.5) is 0 Å². The highest BCUT2D eigenvalue weighted by atomic mass is 31.2. The molecular weight excluding hydrogens is 607 g/mol. The number of carbonyl (C=O) groups excluding carboxylic acids is 5. The second kappa shape index (κ2) is 17.8. The van der Waals surface area contributed by atoms with E-state index in [4.69, 9.17) is 17.7 Å². The Kier molecular flexibility index (Phi) is 14.5. The van der Waals surface area contributed by atoms with Crippen molar-refractivity contribution in [3.63, 3.8) is 0 Å². The van der Waals surface area contributed by atoms with Crippen molar-refractivity contribution in [2.75, 3.05) is 13.1 Å². The number of nitrogens with two attached hydrogens (primary N) is 1. The molecule has 1 aromatic carbocycles.